The van der Waals surface area contributed by atoms with E-state index >= 15 is 0 Å². The van der Waals surface area contributed by atoms with Gasteiger partial charge in [-0.2, -0.15) is 4.31 Å². The van der Waals surface area contributed by atoms with E-state index in [0.29, 0.717) is 12.8 Å². The molecule has 2 rings (SSSR count). The number of nitrogens with zero attached hydrogens (tertiary/aromatic N) is 2. The number of rotatable bonds is 4. The first-order chi connectivity index (χ1) is 11.1. The van der Waals surface area contributed by atoms with E-state index in [0.717, 1.165) is 16.4 Å². The molecule has 0 bridgehead atoms. The van der Waals surface area contributed by atoms with Crippen molar-refractivity contribution in [3.05, 3.63) is 32.8 Å². The van der Waals surface area contributed by atoms with E-state index in [4.69, 9.17) is 16.7 Å². The second kappa shape index (κ2) is 6.66. The fourth-order valence-corrected chi connectivity index (χ4v) is 4.76. The predicted molar refractivity (Wildman–Crippen MR) is 86.6 cm³/mol. The minimum absolute atomic E-state index is 0.0257. The fourth-order valence-electron chi connectivity index (χ4n) is 2.73. The van der Waals surface area contributed by atoms with Crippen LogP contribution in [0, 0.1) is 23.0 Å². The number of aliphatic carboxylic acids is 1. The molecule has 1 N–H and O–H groups in total. The Labute approximate surface area is 144 Å². The fraction of sp³-hybridized carbons (Fsp3) is 0.500. The van der Waals surface area contributed by atoms with E-state index in [1.807, 2.05) is 0 Å². The van der Waals surface area contributed by atoms with Gasteiger partial charge >= 0.3 is 5.97 Å². The van der Waals surface area contributed by atoms with Crippen molar-refractivity contribution in [3.63, 3.8) is 0 Å². The Bertz CT molecular complexity index is 795. The van der Waals surface area contributed by atoms with E-state index < -0.39 is 32.9 Å². The van der Waals surface area contributed by atoms with Gasteiger partial charge in [-0.15, -0.1) is 0 Å². The van der Waals surface area contributed by atoms with Gasteiger partial charge in [0.1, 0.15) is 0 Å². The monoisotopic (exact) mass is 376 g/mol. The molecule has 1 fully saturated rings. The largest absolute Gasteiger partial charge is 0.481 e. The van der Waals surface area contributed by atoms with Crippen LogP contribution in [-0.2, 0) is 14.8 Å². The number of piperidine rings is 1. The second-order valence-electron chi connectivity index (χ2n) is 5.84. The van der Waals surface area contributed by atoms with Crippen LogP contribution in [0.25, 0.3) is 0 Å². The Hall–Kier alpha value is -1.71. The smallest absolute Gasteiger partial charge is 0.307 e. The van der Waals surface area contributed by atoms with Gasteiger partial charge in [0.2, 0.25) is 10.0 Å². The maximum Gasteiger partial charge on any atom is 0.307 e. The highest BCUT2D eigenvalue weighted by molar-refractivity contribution is 7.89. The Balaban J connectivity index is 2.50. The van der Waals surface area contributed by atoms with Crippen LogP contribution in [-0.4, -0.2) is 41.3 Å². The van der Waals surface area contributed by atoms with Gasteiger partial charge in [0, 0.05) is 24.2 Å². The molecule has 1 heterocycles. The summed E-state index contributed by atoms with van der Waals surface area (Å²) in [5.41, 5.74) is -0.212. The van der Waals surface area contributed by atoms with Crippen LogP contribution in [0.2, 0.25) is 5.02 Å². The van der Waals surface area contributed by atoms with Crippen molar-refractivity contribution in [2.24, 2.45) is 5.92 Å². The molecule has 2 unspecified atom stereocenters. The Morgan fingerprint density at radius 2 is 2.04 bits per heavy atom. The van der Waals surface area contributed by atoms with Crippen molar-refractivity contribution >= 4 is 33.3 Å². The molecule has 0 radical (unpaired) electrons. The number of hydrogen-bond donors (Lipinski definition) is 1. The Kier molecular flexibility index (Phi) is 5.17. The zero-order chi connectivity index (χ0) is 18.2. The summed E-state index contributed by atoms with van der Waals surface area (Å²) in [5.74, 6) is -1.86. The average Bonchev–Trinajstić information content (AvgIpc) is 2.49. The van der Waals surface area contributed by atoms with E-state index in [2.05, 4.69) is 0 Å². The summed E-state index contributed by atoms with van der Waals surface area (Å²) >= 11 is 5.94. The van der Waals surface area contributed by atoms with Crippen LogP contribution in [0.4, 0.5) is 5.69 Å². The first-order valence-electron chi connectivity index (χ1n) is 7.25. The van der Waals surface area contributed by atoms with Gasteiger partial charge in [0.15, 0.2) is 0 Å². The topological polar surface area (TPSA) is 118 Å². The molecule has 10 heteroatoms. The Morgan fingerprint density at radius 3 is 2.58 bits per heavy atom. The summed E-state index contributed by atoms with van der Waals surface area (Å²) < 4.78 is 26.8. The number of halogens is 1. The molecule has 132 valence electrons. The molecule has 1 aliphatic heterocycles. The van der Waals surface area contributed by atoms with E-state index in [-0.39, 0.29) is 27.7 Å². The lowest BCUT2D eigenvalue weighted by atomic mass is 9.96. The van der Waals surface area contributed by atoms with E-state index in [1.54, 1.807) is 6.92 Å². The quantitative estimate of drug-likeness (QED) is 0.636. The van der Waals surface area contributed by atoms with Crippen molar-refractivity contribution in [3.8, 4) is 0 Å². The lowest BCUT2D eigenvalue weighted by Gasteiger charge is -2.35. The molecule has 1 aliphatic rings. The summed E-state index contributed by atoms with van der Waals surface area (Å²) in [4.78, 5) is 21.3. The number of hydrogen-bond acceptors (Lipinski definition) is 5. The highest BCUT2D eigenvalue weighted by atomic mass is 35.5. The van der Waals surface area contributed by atoms with Gasteiger partial charge in [-0.1, -0.05) is 11.6 Å². The van der Waals surface area contributed by atoms with Gasteiger partial charge in [0.05, 0.1) is 20.8 Å². The minimum atomic E-state index is -4.09. The van der Waals surface area contributed by atoms with Crippen LogP contribution < -0.4 is 0 Å². The van der Waals surface area contributed by atoms with Crippen LogP contribution in [0.5, 0.6) is 0 Å². The van der Waals surface area contributed by atoms with Crippen molar-refractivity contribution < 1.29 is 23.2 Å². The number of sulfonamides is 1. The maximum absolute atomic E-state index is 12.9. The van der Waals surface area contributed by atoms with Gasteiger partial charge in [0.25, 0.3) is 5.69 Å². The third-order valence-corrected chi connectivity index (χ3v) is 6.62. The first kappa shape index (κ1) is 18.6. The SMILES string of the molecule is Cc1c(Cl)cc(S(=O)(=O)N2CC(C(=O)O)CCC2C)cc1[N+](=O)[O-]. The van der Waals surface area contributed by atoms with Crippen LogP contribution in [0.15, 0.2) is 17.0 Å². The van der Waals surface area contributed by atoms with Gasteiger partial charge in [-0.05, 0) is 32.8 Å². The van der Waals surface area contributed by atoms with Crippen molar-refractivity contribution in [1.82, 2.24) is 4.31 Å². The van der Waals surface area contributed by atoms with Crippen molar-refractivity contribution in [2.75, 3.05) is 6.54 Å². The normalized spacial score (nSPS) is 22.3. The minimum Gasteiger partial charge on any atom is -0.481 e. The summed E-state index contributed by atoms with van der Waals surface area (Å²) in [7, 11) is -4.09. The number of benzene rings is 1. The summed E-state index contributed by atoms with van der Waals surface area (Å²) in [5, 5.41) is 20.2. The lowest BCUT2D eigenvalue weighted by Crippen LogP contribution is -2.47. The van der Waals surface area contributed by atoms with Crippen LogP contribution in [0.1, 0.15) is 25.3 Å². The number of carboxylic acid groups (broad SMARTS) is 1. The van der Waals surface area contributed by atoms with Crippen molar-refractivity contribution in [2.45, 2.75) is 37.6 Å². The molecule has 8 nitrogen and oxygen atoms in total. The van der Waals surface area contributed by atoms with E-state index in [1.165, 1.54) is 6.92 Å². The van der Waals surface area contributed by atoms with Gasteiger partial charge in [-0.25, -0.2) is 8.42 Å². The Morgan fingerprint density at radius 1 is 1.42 bits per heavy atom. The van der Waals surface area contributed by atoms with Crippen LogP contribution in [0.3, 0.4) is 0 Å². The van der Waals surface area contributed by atoms with Gasteiger partial charge in [-0.3, -0.25) is 14.9 Å². The molecule has 0 spiro atoms. The summed E-state index contributed by atoms with van der Waals surface area (Å²) in [6, 6.07) is 1.73. The van der Waals surface area contributed by atoms with Crippen molar-refractivity contribution in [1.29, 1.82) is 0 Å². The second-order valence-corrected chi connectivity index (χ2v) is 8.14. The highest BCUT2D eigenvalue weighted by Gasteiger charge is 2.38. The summed E-state index contributed by atoms with van der Waals surface area (Å²) in [6.07, 6.45) is 0.787. The third-order valence-electron chi connectivity index (χ3n) is 4.27. The van der Waals surface area contributed by atoms with Gasteiger partial charge < -0.3 is 5.11 Å². The maximum atomic E-state index is 12.9. The molecule has 1 aromatic rings. The highest BCUT2D eigenvalue weighted by Crippen LogP contribution is 2.33. The molecule has 0 saturated carbocycles. The van der Waals surface area contributed by atoms with Crippen LogP contribution >= 0.6 is 11.6 Å². The average molecular weight is 377 g/mol. The number of carbonyl (C=O) groups is 1. The first-order valence-corrected chi connectivity index (χ1v) is 9.06. The molecule has 24 heavy (non-hydrogen) atoms. The molecule has 2 atom stereocenters. The number of nitro groups is 1. The molecule has 0 aromatic heterocycles. The third kappa shape index (κ3) is 3.38. The molecule has 0 aliphatic carbocycles. The number of carboxylic acids is 1. The van der Waals surface area contributed by atoms with E-state index in [9.17, 15) is 23.3 Å². The molecule has 0 amide bonds. The standard InChI is InChI=1S/C14H17ClN2O6S/c1-8-3-4-10(14(18)19)7-16(8)24(22,23)11-5-12(15)9(2)13(6-11)17(20)21/h5-6,8,10H,3-4,7H2,1-2H3,(H,18,19). The molecule has 1 aromatic carbocycles. The molecular weight excluding hydrogens is 360 g/mol. The zero-order valence-corrected chi connectivity index (χ0v) is 14.7. The molecule has 1 saturated heterocycles. The number of nitro benzene ring substituents is 1. The summed E-state index contributed by atoms with van der Waals surface area (Å²) in [6.45, 7) is 2.94. The zero-order valence-electron chi connectivity index (χ0n) is 13.1. The predicted octanol–water partition coefficient (Wildman–Crippen LogP) is 2.43. The lowest BCUT2D eigenvalue weighted by molar-refractivity contribution is -0.385. The molecular formula is C14H17ClN2O6S.